The molecule has 0 fully saturated rings. The average molecular weight is 253 g/mol. The Balaban J connectivity index is 2.16. The van der Waals surface area contributed by atoms with Crippen LogP contribution in [0, 0.1) is 5.92 Å². The van der Waals surface area contributed by atoms with Gasteiger partial charge in [0.2, 0.25) is 0 Å². The molecule has 2 unspecified atom stereocenters. The molecule has 0 aliphatic rings. The fraction of sp³-hybridized carbons (Fsp3) is 0.692. The van der Waals surface area contributed by atoms with Gasteiger partial charge in [0.1, 0.15) is 5.82 Å². The van der Waals surface area contributed by atoms with Crippen molar-refractivity contribution in [3.63, 3.8) is 0 Å². The van der Waals surface area contributed by atoms with Gasteiger partial charge in [-0.2, -0.15) is 0 Å². The summed E-state index contributed by atoms with van der Waals surface area (Å²) in [5.74, 6) is 0.0658. The predicted molar refractivity (Wildman–Crippen MR) is 70.2 cm³/mol. The maximum atomic E-state index is 10.7. The highest BCUT2D eigenvalue weighted by Crippen LogP contribution is 2.09. The van der Waals surface area contributed by atoms with Crippen LogP contribution in [0.1, 0.15) is 38.9 Å². The van der Waals surface area contributed by atoms with Gasteiger partial charge in [0.05, 0.1) is 12.5 Å². The molecule has 2 N–H and O–H groups in total. The fourth-order valence-electron chi connectivity index (χ4n) is 1.79. The number of aryl methyl sites for hydroxylation is 1. The van der Waals surface area contributed by atoms with Gasteiger partial charge in [0.15, 0.2) is 0 Å². The Labute approximate surface area is 108 Å². The van der Waals surface area contributed by atoms with E-state index >= 15 is 0 Å². The highest BCUT2D eigenvalue weighted by atomic mass is 16.4. The number of rotatable bonds is 8. The Kier molecular flexibility index (Phi) is 5.85. The third-order valence-corrected chi connectivity index (χ3v) is 3.23. The van der Waals surface area contributed by atoms with Crippen LogP contribution in [0.25, 0.3) is 0 Å². The van der Waals surface area contributed by atoms with Gasteiger partial charge in [0.25, 0.3) is 0 Å². The van der Waals surface area contributed by atoms with Crippen molar-refractivity contribution in [2.45, 2.75) is 45.7 Å². The van der Waals surface area contributed by atoms with Crippen molar-refractivity contribution in [2.75, 3.05) is 0 Å². The first-order valence-corrected chi connectivity index (χ1v) is 6.43. The van der Waals surface area contributed by atoms with E-state index in [2.05, 4.69) is 17.2 Å². The number of aliphatic carboxylic acids is 1. The van der Waals surface area contributed by atoms with Crippen LogP contribution >= 0.6 is 0 Å². The Morgan fingerprint density at radius 1 is 1.50 bits per heavy atom. The monoisotopic (exact) mass is 253 g/mol. The van der Waals surface area contributed by atoms with E-state index in [1.54, 1.807) is 13.1 Å². The second kappa shape index (κ2) is 7.16. The van der Waals surface area contributed by atoms with E-state index in [0.29, 0.717) is 6.04 Å². The molecule has 0 aliphatic heterocycles. The summed E-state index contributed by atoms with van der Waals surface area (Å²) in [4.78, 5) is 14.9. The number of nitrogens with zero attached hydrogens (tertiary/aromatic N) is 2. The zero-order chi connectivity index (χ0) is 13.5. The van der Waals surface area contributed by atoms with E-state index in [0.717, 1.165) is 31.6 Å². The van der Waals surface area contributed by atoms with Crippen LogP contribution < -0.4 is 5.32 Å². The summed E-state index contributed by atoms with van der Waals surface area (Å²) in [6.07, 6.45) is 6.38. The van der Waals surface area contributed by atoms with Crippen LogP contribution in [-0.4, -0.2) is 26.7 Å². The number of carboxylic acids is 1. The van der Waals surface area contributed by atoms with E-state index in [1.807, 2.05) is 17.8 Å². The molecule has 1 aromatic rings. The Bertz CT molecular complexity index is 376. The SMILES string of the molecule is CC(CCCC(C)C(=O)O)NCc1nccn1C. The van der Waals surface area contributed by atoms with Gasteiger partial charge in [-0.1, -0.05) is 13.3 Å². The molecule has 0 radical (unpaired) electrons. The molecule has 1 rings (SSSR count). The summed E-state index contributed by atoms with van der Waals surface area (Å²) >= 11 is 0. The molecule has 102 valence electrons. The van der Waals surface area contributed by atoms with E-state index in [1.165, 1.54) is 0 Å². The lowest BCUT2D eigenvalue weighted by molar-refractivity contribution is -0.141. The molecule has 1 heterocycles. The normalized spacial score (nSPS) is 14.4. The lowest BCUT2D eigenvalue weighted by Gasteiger charge is -2.14. The van der Waals surface area contributed by atoms with E-state index in [9.17, 15) is 4.79 Å². The Morgan fingerprint density at radius 2 is 2.22 bits per heavy atom. The zero-order valence-corrected chi connectivity index (χ0v) is 11.4. The van der Waals surface area contributed by atoms with Crippen molar-refractivity contribution >= 4 is 5.97 Å². The van der Waals surface area contributed by atoms with Crippen molar-refractivity contribution < 1.29 is 9.90 Å². The second-order valence-electron chi connectivity index (χ2n) is 4.91. The van der Waals surface area contributed by atoms with Crippen LogP contribution in [0.15, 0.2) is 12.4 Å². The minimum Gasteiger partial charge on any atom is -0.481 e. The minimum absolute atomic E-state index is 0.244. The first-order valence-electron chi connectivity index (χ1n) is 6.43. The number of carbonyl (C=O) groups is 1. The number of hydrogen-bond donors (Lipinski definition) is 2. The lowest BCUT2D eigenvalue weighted by Crippen LogP contribution is -2.27. The van der Waals surface area contributed by atoms with Gasteiger partial charge in [-0.25, -0.2) is 4.98 Å². The number of nitrogens with one attached hydrogen (secondary N) is 1. The third-order valence-electron chi connectivity index (χ3n) is 3.23. The van der Waals surface area contributed by atoms with E-state index < -0.39 is 5.97 Å². The number of imidazole rings is 1. The van der Waals surface area contributed by atoms with Crippen molar-refractivity contribution in [2.24, 2.45) is 13.0 Å². The number of hydrogen-bond acceptors (Lipinski definition) is 3. The standard InChI is InChI=1S/C13H23N3O2/c1-10(13(17)18)5-4-6-11(2)15-9-12-14-7-8-16(12)3/h7-8,10-11,15H,4-6,9H2,1-3H3,(H,17,18). The average Bonchev–Trinajstić information content (AvgIpc) is 2.72. The molecule has 1 aromatic heterocycles. The Hall–Kier alpha value is -1.36. The van der Waals surface area contributed by atoms with Crippen LogP contribution in [-0.2, 0) is 18.4 Å². The summed E-state index contributed by atoms with van der Waals surface area (Å²) in [5, 5.41) is 12.2. The Morgan fingerprint density at radius 3 is 2.78 bits per heavy atom. The molecular weight excluding hydrogens is 230 g/mol. The smallest absolute Gasteiger partial charge is 0.306 e. The van der Waals surface area contributed by atoms with Crippen molar-refractivity contribution in [1.82, 2.24) is 14.9 Å². The van der Waals surface area contributed by atoms with Crippen LogP contribution in [0.5, 0.6) is 0 Å². The van der Waals surface area contributed by atoms with E-state index in [-0.39, 0.29) is 5.92 Å². The molecule has 5 nitrogen and oxygen atoms in total. The highest BCUT2D eigenvalue weighted by Gasteiger charge is 2.11. The molecule has 2 atom stereocenters. The molecule has 0 aromatic carbocycles. The van der Waals surface area contributed by atoms with Gasteiger partial charge in [-0.3, -0.25) is 4.79 Å². The molecular formula is C13H23N3O2. The quantitative estimate of drug-likeness (QED) is 0.741. The van der Waals surface area contributed by atoms with Crippen molar-refractivity contribution in [3.8, 4) is 0 Å². The van der Waals surface area contributed by atoms with E-state index in [4.69, 9.17) is 5.11 Å². The highest BCUT2D eigenvalue weighted by molar-refractivity contribution is 5.69. The van der Waals surface area contributed by atoms with Crippen LogP contribution in [0.2, 0.25) is 0 Å². The van der Waals surface area contributed by atoms with Gasteiger partial charge < -0.3 is 15.0 Å². The number of carboxylic acid groups (broad SMARTS) is 1. The summed E-state index contributed by atoms with van der Waals surface area (Å²) in [6.45, 7) is 4.63. The molecule has 0 bridgehead atoms. The van der Waals surface area contributed by atoms with Gasteiger partial charge >= 0.3 is 5.97 Å². The molecule has 5 heteroatoms. The molecule has 0 spiro atoms. The summed E-state index contributed by atoms with van der Waals surface area (Å²) in [7, 11) is 1.98. The van der Waals surface area contributed by atoms with Gasteiger partial charge in [-0.15, -0.1) is 0 Å². The van der Waals surface area contributed by atoms with Crippen LogP contribution in [0.3, 0.4) is 0 Å². The molecule has 0 saturated carbocycles. The molecule has 0 aliphatic carbocycles. The van der Waals surface area contributed by atoms with Crippen molar-refractivity contribution in [1.29, 1.82) is 0 Å². The molecule has 0 saturated heterocycles. The summed E-state index contributed by atoms with van der Waals surface area (Å²) < 4.78 is 1.99. The van der Waals surface area contributed by atoms with Crippen LogP contribution in [0.4, 0.5) is 0 Å². The third kappa shape index (κ3) is 4.87. The molecule has 18 heavy (non-hydrogen) atoms. The van der Waals surface area contributed by atoms with Gasteiger partial charge in [0, 0.05) is 25.5 Å². The maximum Gasteiger partial charge on any atom is 0.306 e. The summed E-state index contributed by atoms with van der Waals surface area (Å²) in [5.41, 5.74) is 0. The number of aromatic nitrogens is 2. The van der Waals surface area contributed by atoms with Crippen molar-refractivity contribution in [3.05, 3.63) is 18.2 Å². The predicted octanol–water partition coefficient (Wildman–Crippen LogP) is 1.79. The first-order chi connectivity index (χ1) is 8.50. The largest absolute Gasteiger partial charge is 0.481 e. The maximum absolute atomic E-state index is 10.7. The topological polar surface area (TPSA) is 67.2 Å². The first kappa shape index (κ1) is 14.7. The minimum atomic E-state index is -0.705. The second-order valence-corrected chi connectivity index (χ2v) is 4.91. The van der Waals surface area contributed by atoms with Gasteiger partial charge in [-0.05, 0) is 19.8 Å². The fourth-order valence-corrected chi connectivity index (χ4v) is 1.79. The lowest BCUT2D eigenvalue weighted by atomic mass is 10.0. The molecule has 0 amide bonds. The summed E-state index contributed by atoms with van der Waals surface area (Å²) in [6, 6.07) is 0.377. The zero-order valence-electron chi connectivity index (χ0n) is 11.4.